The second kappa shape index (κ2) is 5.38. The quantitative estimate of drug-likeness (QED) is 0.894. The molecule has 0 radical (unpaired) electrons. The number of nitrogens with zero attached hydrogens (tertiary/aromatic N) is 2. The highest BCUT2D eigenvalue weighted by molar-refractivity contribution is 7.15. The van der Waals surface area contributed by atoms with E-state index in [1.165, 1.54) is 22.6 Å². The van der Waals surface area contributed by atoms with Crippen LogP contribution >= 0.6 is 22.9 Å². The number of rotatable bonds is 2. The standard InChI is InChI=1S/C13H13ClN4OS/c14-7-5-6-10(15)17-11(7)12(19)18-13-16-8-3-1-2-4-9(8)20-13/h5-6H,1-4H2,(H2,15,17)(H,16,18,19). The van der Waals surface area contributed by atoms with Crippen molar-refractivity contribution in [3.8, 4) is 0 Å². The third kappa shape index (κ3) is 2.62. The van der Waals surface area contributed by atoms with Gasteiger partial charge in [-0.2, -0.15) is 0 Å². The first-order valence-corrected chi connectivity index (χ1v) is 7.55. The lowest BCUT2D eigenvalue weighted by Crippen LogP contribution is -2.15. The van der Waals surface area contributed by atoms with Gasteiger partial charge in [0.2, 0.25) is 0 Å². The predicted octanol–water partition coefficient (Wildman–Crippen LogP) is 2.90. The highest BCUT2D eigenvalue weighted by Gasteiger charge is 2.18. The van der Waals surface area contributed by atoms with Gasteiger partial charge < -0.3 is 5.73 Å². The summed E-state index contributed by atoms with van der Waals surface area (Å²) in [5.74, 6) is -0.119. The first-order valence-electron chi connectivity index (χ1n) is 6.35. The third-order valence-electron chi connectivity index (χ3n) is 3.15. The molecule has 2 aromatic heterocycles. The predicted molar refractivity (Wildman–Crippen MR) is 80.4 cm³/mol. The van der Waals surface area contributed by atoms with Gasteiger partial charge in [0, 0.05) is 4.88 Å². The molecule has 0 spiro atoms. The molecule has 1 aliphatic carbocycles. The van der Waals surface area contributed by atoms with Crippen molar-refractivity contribution in [2.24, 2.45) is 0 Å². The van der Waals surface area contributed by atoms with Crippen molar-refractivity contribution in [3.05, 3.63) is 33.4 Å². The van der Waals surface area contributed by atoms with E-state index in [2.05, 4.69) is 15.3 Å². The molecule has 0 fully saturated rings. The van der Waals surface area contributed by atoms with Crippen molar-refractivity contribution >= 4 is 39.8 Å². The molecule has 0 aliphatic heterocycles. The molecule has 0 aromatic carbocycles. The number of aryl methyl sites for hydroxylation is 2. The summed E-state index contributed by atoms with van der Waals surface area (Å²) in [6.45, 7) is 0. The Kier molecular flexibility index (Phi) is 3.58. The molecule has 0 bridgehead atoms. The SMILES string of the molecule is Nc1ccc(Cl)c(C(=O)Nc2nc3c(s2)CCCC3)n1. The van der Waals surface area contributed by atoms with Gasteiger partial charge in [0.15, 0.2) is 5.13 Å². The number of pyridine rings is 1. The van der Waals surface area contributed by atoms with E-state index in [0.717, 1.165) is 25.0 Å². The normalized spacial score (nSPS) is 13.8. The number of hydrogen-bond donors (Lipinski definition) is 2. The fraction of sp³-hybridized carbons (Fsp3) is 0.308. The molecule has 104 valence electrons. The van der Waals surface area contributed by atoms with E-state index < -0.39 is 0 Å². The summed E-state index contributed by atoms with van der Waals surface area (Å²) >= 11 is 7.49. The summed E-state index contributed by atoms with van der Waals surface area (Å²) in [5, 5.41) is 3.62. The van der Waals surface area contributed by atoms with Crippen LogP contribution in [0.3, 0.4) is 0 Å². The van der Waals surface area contributed by atoms with Crippen molar-refractivity contribution in [2.75, 3.05) is 11.1 Å². The van der Waals surface area contributed by atoms with Crippen LogP contribution in [0.5, 0.6) is 0 Å². The van der Waals surface area contributed by atoms with E-state index in [9.17, 15) is 4.79 Å². The summed E-state index contributed by atoms with van der Waals surface area (Å²) < 4.78 is 0. The van der Waals surface area contributed by atoms with E-state index >= 15 is 0 Å². The van der Waals surface area contributed by atoms with Crippen LogP contribution in [0, 0.1) is 0 Å². The van der Waals surface area contributed by atoms with Crippen molar-refractivity contribution in [3.63, 3.8) is 0 Å². The highest BCUT2D eigenvalue weighted by Crippen LogP contribution is 2.30. The van der Waals surface area contributed by atoms with Crippen LogP contribution < -0.4 is 11.1 Å². The maximum atomic E-state index is 12.2. The molecule has 20 heavy (non-hydrogen) atoms. The summed E-state index contributed by atoms with van der Waals surface area (Å²) in [6.07, 6.45) is 4.37. The molecule has 1 amide bonds. The molecule has 0 saturated heterocycles. The number of anilines is 2. The van der Waals surface area contributed by atoms with Crippen molar-refractivity contribution in [1.29, 1.82) is 0 Å². The zero-order valence-electron chi connectivity index (χ0n) is 10.6. The number of fused-ring (bicyclic) bond motifs is 1. The summed E-state index contributed by atoms with van der Waals surface area (Å²) in [6, 6.07) is 3.12. The number of carbonyl (C=O) groups is 1. The molecule has 0 atom stereocenters. The molecule has 3 rings (SSSR count). The molecule has 3 N–H and O–H groups in total. The van der Waals surface area contributed by atoms with Gasteiger partial charge in [-0.1, -0.05) is 11.6 Å². The molecule has 2 heterocycles. The van der Waals surface area contributed by atoms with Crippen LogP contribution in [-0.4, -0.2) is 15.9 Å². The average Bonchev–Trinajstić information content (AvgIpc) is 2.83. The van der Waals surface area contributed by atoms with E-state index in [-0.39, 0.29) is 22.4 Å². The molecule has 0 unspecified atom stereocenters. The van der Waals surface area contributed by atoms with E-state index in [1.54, 1.807) is 12.1 Å². The maximum absolute atomic E-state index is 12.2. The molecular formula is C13H13ClN4OS. The molecular weight excluding hydrogens is 296 g/mol. The number of aromatic nitrogens is 2. The first-order chi connectivity index (χ1) is 9.63. The van der Waals surface area contributed by atoms with Crippen LogP contribution in [0.1, 0.15) is 33.9 Å². The number of nitrogens with two attached hydrogens (primary N) is 1. The summed E-state index contributed by atoms with van der Waals surface area (Å²) in [7, 11) is 0. The molecule has 0 saturated carbocycles. The highest BCUT2D eigenvalue weighted by atomic mass is 35.5. The second-order valence-electron chi connectivity index (χ2n) is 4.62. The van der Waals surface area contributed by atoms with Crippen LogP contribution in [0.4, 0.5) is 10.9 Å². The number of carbonyl (C=O) groups excluding carboxylic acids is 1. The number of amides is 1. The Bertz CT molecular complexity index is 647. The van der Waals surface area contributed by atoms with Gasteiger partial charge in [0.05, 0.1) is 10.7 Å². The smallest absolute Gasteiger partial charge is 0.277 e. The van der Waals surface area contributed by atoms with E-state index in [4.69, 9.17) is 17.3 Å². The average molecular weight is 309 g/mol. The Morgan fingerprint density at radius 2 is 2.10 bits per heavy atom. The largest absolute Gasteiger partial charge is 0.384 e. The van der Waals surface area contributed by atoms with Gasteiger partial charge in [0.25, 0.3) is 5.91 Å². The minimum atomic E-state index is -0.381. The summed E-state index contributed by atoms with van der Waals surface area (Å²) in [4.78, 5) is 21.8. The van der Waals surface area contributed by atoms with E-state index in [0.29, 0.717) is 5.13 Å². The van der Waals surface area contributed by atoms with Crippen LogP contribution in [-0.2, 0) is 12.8 Å². The van der Waals surface area contributed by atoms with Gasteiger partial charge in [-0.15, -0.1) is 11.3 Å². The minimum Gasteiger partial charge on any atom is -0.384 e. The van der Waals surface area contributed by atoms with Crippen molar-refractivity contribution < 1.29 is 4.79 Å². The van der Waals surface area contributed by atoms with Gasteiger partial charge in [-0.05, 0) is 37.8 Å². The lowest BCUT2D eigenvalue weighted by molar-refractivity contribution is 0.102. The zero-order chi connectivity index (χ0) is 14.1. The number of thiazole rings is 1. The third-order valence-corrected chi connectivity index (χ3v) is 4.53. The Hall–Kier alpha value is -1.66. The van der Waals surface area contributed by atoms with Crippen LogP contribution in [0.15, 0.2) is 12.1 Å². The monoisotopic (exact) mass is 308 g/mol. The maximum Gasteiger partial charge on any atom is 0.277 e. The van der Waals surface area contributed by atoms with Gasteiger partial charge in [-0.3, -0.25) is 10.1 Å². The molecule has 5 nitrogen and oxygen atoms in total. The Labute approximate surface area is 125 Å². The minimum absolute atomic E-state index is 0.125. The Morgan fingerprint density at radius 3 is 2.90 bits per heavy atom. The number of nitrogen functional groups attached to an aromatic ring is 1. The Morgan fingerprint density at radius 1 is 1.30 bits per heavy atom. The number of nitrogens with one attached hydrogen (secondary N) is 1. The fourth-order valence-electron chi connectivity index (χ4n) is 2.18. The van der Waals surface area contributed by atoms with Gasteiger partial charge in [-0.25, -0.2) is 9.97 Å². The molecule has 7 heteroatoms. The van der Waals surface area contributed by atoms with Gasteiger partial charge in [0.1, 0.15) is 11.5 Å². The van der Waals surface area contributed by atoms with Crippen LogP contribution in [0.2, 0.25) is 5.02 Å². The fourth-order valence-corrected chi connectivity index (χ4v) is 3.41. The van der Waals surface area contributed by atoms with Crippen molar-refractivity contribution in [1.82, 2.24) is 9.97 Å². The van der Waals surface area contributed by atoms with Crippen LogP contribution in [0.25, 0.3) is 0 Å². The second-order valence-corrected chi connectivity index (χ2v) is 6.11. The first kappa shape index (κ1) is 13.3. The zero-order valence-corrected chi connectivity index (χ0v) is 12.2. The van der Waals surface area contributed by atoms with Gasteiger partial charge >= 0.3 is 0 Å². The molecule has 1 aliphatic rings. The van der Waals surface area contributed by atoms with E-state index in [1.807, 2.05) is 0 Å². The summed E-state index contributed by atoms with van der Waals surface area (Å²) in [5.41, 5.74) is 6.80. The topological polar surface area (TPSA) is 80.9 Å². The molecule has 2 aromatic rings. The lowest BCUT2D eigenvalue weighted by atomic mass is 10.0. The van der Waals surface area contributed by atoms with Crippen molar-refractivity contribution in [2.45, 2.75) is 25.7 Å². The number of hydrogen-bond acceptors (Lipinski definition) is 5. The number of halogens is 1. The lowest BCUT2D eigenvalue weighted by Gasteiger charge is -2.06. The Balaban J connectivity index is 1.82.